The molecule has 1 aromatic carbocycles. The number of carbonyl (C=O) groups excluding carboxylic acids is 1. The van der Waals surface area contributed by atoms with Crippen molar-refractivity contribution in [3.8, 4) is 0 Å². The minimum absolute atomic E-state index is 0.00301. The molecule has 3 nitrogen and oxygen atoms in total. The second-order valence-electron chi connectivity index (χ2n) is 4.86. The van der Waals surface area contributed by atoms with E-state index in [2.05, 4.69) is 6.92 Å². The van der Waals surface area contributed by atoms with Crippen molar-refractivity contribution in [3.63, 3.8) is 0 Å². The number of hydrogen-bond acceptors (Lipinski definition) is 2. The molecule has 0 bridgehead atoms. The van der Waals surface area contributed by atoms with Crippen molar-refractivity contribution < 1.29 is 4.79 Å². The van der Waals surface area contributed by atoms with Crippen molar-refractivity contribution in [1.29, 1.82) is 0 Å². The fourth-order valence-electron chi connectivity index (χ4n) is 2.66. The number of amides is 1. The average Bonchev–Trinajstić information content (AvgIpc) is 2.38. The summed E-state index contributed by atoms with van der Waals surface area (Å²) in [7, 11) is 0. The van der Waals surface area contributed by atoms with Gasteiger partial charge < -0.3 is 10.6 Å². The van der Waals surface area contributed by atoms with Crippen molar-refractivity contribution in [2.45, 2.75) is 38.3 Å². The predicted molar refractivity (Wildman–Crippen MR) is 73.8 cm³/mol. The molecule has 1 fully saturated rings. The van der Waals surface area contributed by atoms with Gasteiger partial charge >= 0.3 is 0 Å². The van der Waals surface area contributed by atoms with Crippen LogP contribution >= 0.6 is 11.6 Å². The minimum Gasteiger partial charge on any atom is -0.332 e. The van der Waals surface area contributed by atoms with Gasteiger partial charge in [0.05, 0.1) is 10.6 Å². The number of likely N-dealkylation sites (tertiary alicyclic amines) is 1. The second-order valence-corrected chi connectivity index (χ2v) is 5.27. The molecule has 98 valence electrons. The number of rotatable bonds is 2. The van der Waals surface area contributed by atoms with E-state index >= 15 is 0 Å². The van der Waals surface area contributed by atoms with Gasteiger partial charge in [-0.3, -0.25) is 4.79 Å². The first-order valence-corrected chi connectivity index (χ1v) is 6.80. The Morgan fingerprint density at radius 2 is 2.17 bits per heavy atom. The van der Waals surface area contributed by atoms with Crippen LogP contribution in [0.15, 0.2) is 24.3 Å². The van der Waals surface area contributed by atoms with Crippen LogP contribution in [0.1, 0.15) is 36.5 Å². The summed E-state index contributed by atoms with van der Waals surface area (Å²) in [6, 6.07) is 7.57. The molecular formula is C14H19ClN2O. The molecule has 0 saturated carbocycles. The summed E-state index contributed by atoms with van der Waals surface area (Å²) >= 11 is 6.10. The second kappa shape index (κ2) is 5.72. The lowest BCUT2D eigenvalue weighted by molar-refractivity contribution is 0.0494. The number of halogens is 1. The molecule has 0 aromatic heterocycles. The molecule has 1 aromatic rings. The molecule has 1 saturated heterocycles. The van der Waals surface area contributed by atoms with E-state index in [9.17, 15) is 4.79 Å². The molecule has 0 spiro atoms. The van der Waals surface area contributed by atoms with Crippen molar-refractivity contribution in [1.82, 2.24) is 4.90 Å². The highest BCUT2D eigenvalue weighted by Gasteiger charge is 2.32. The van der Waals surface area contributed by atoms with Gasteiger partial charge in [-0.05, 0) is 38.3 Å². The number of hydrogen-bond donors (Lipinski definition) is 1. The molecule has 2 rings (SSSR count). The highest BCUT2D eigenvalue weighted by atomic mass is 35.5. The van der Waals surface area contributed by atoms with Crippen LogP contribution in [0.2, 0.25) is 5.02 Å². The SMILES string of the molecule is CC1CCCC(CN)N1C(=O)c1ccccc1Cl. The Bertz CT molecular complexity index is 436. The number of benzene rings is 1. The van der Waals surface area contributed by atoms with Gasteiger partial charge in [-0.15, -0.1) is 0 Å². The van der Waals surface area contributed by atoms with Crippen LogP contribution in [-0.4, -0.2) is 29.4 Å². The van der Waals surface area contributed by atoms with Crippen LogP contribution in [0, 0.1) is 0 Å². The molecule has 1 heterocycles. The molecular weight excluding hydrogens is 248 g/mol. The summed E-state index contributed by atoms with van der Waals surface area (Å²) in [5, 5.41) is 0.510. The molecule has 1 aliphatic rings. The van der Waals surface area contributed by atoms with Gasteiger partial charge in [0, 0.05) is 18.6 Å². The Balaban J connectivity index is 2.28. The molecule has 0 radical (unpaired) electrons. The zero-order valence-corrected chi connectivity index (χ0v) is 11.4. The number of nitrogens with zero attached hydrogens (tertiary/aromatic N) is 1. The van der Waals surface area contributed by atoms with Crippen LogP contribution < -0.4 is 5.73 Å². The molecule has 18 heavy (non-hydrogen) atoms. The number of nitrogens with two attached hydrogens (primary N) is 1. The Hall–Kier alpha value is -1.06. The normalized spacial score (nSPS) is 24.1. The van der Waals surface area contributed by atoms with E-state index in [1.807, 2.05) is 17.0 Å². The molecule has 1 aliphatic heterocycles. The zero-order valence-electron chi connectivity index (χ0n) is 10.6. The summed E-state index contributed by atoms with van der Waals surface area (Å²) in [5.74, 6) is 0.00301. The predicted octanol–water partition coefficient (Wildman–Crippen LogP) is 2.68. The number of piperidine rings is 1. The first-order valence-electron chi connectivity index (χ1n) is 6.42. The van der Waals surface area contributed by atoms with Gasteiger partial charge in [-0.25, -0.2) is 0 Å². The van der Waals surface area contributed by atoms with E-state index in [0.717, 1.165) is 19.3 Å². The quantitative estimate of drug-likeness (QED) is 0.895. The van der Waals surface area contributed by atoms with E-state index in [1.54, 1.807) is 12.1 Å². The van der Waals surface area contributed by atoms with Crippen LogP contribution in [-0.2, 0) is 0 Å². The third-order valence-electron chi connectivity index (χ3n) is 3.64. The third kappa shape index (κ3) is 2.52. The molecule has 4 heteroatoms. The maximum Gasteiger partial charge on any atom is 0.255 e. The lowest BCUT2D eigenvalue weighted by atomic mass is 9.95. The summed E-state index contributed by atoms with van der Waals surface area (Å²) < 4.78 is 0. The van der Waals surface area contributed by atoms with Crippen molar-refractivity contribution in [2.75, 3.05) is 6.54 Å². The standard InChI is InChI=1S/C14H19ClN2O/c1-10-5-4-6-11(9-16)17(10)14(18)12-7-2-3-8-13(12)15/h2-3,7-8,10-11H,4-6,9,16H2,1H3. The van der Waals surface area contributed by atoms with E-state index in [0.29, 0.717) is 17.1 Å². The van der Waals surface area contributed by atoms with E-state index < -0.39 is 0 Å². The molecule has 2 N–H and O–H groups in total. The fraction of sp³-hybridized carbons (Fsp3) is 0.500. The monoisotopic (exact) mass is 266 g/mol. The Morgan fingerprint density at radius 3 is 2.83 bits per heavy atom. The van der Waals surface area contributed by atoms with E-state index in [1.165, 1.54) is 0 Å². The average molecular weight is 267 g/mol. The maximum atomic E-state index is 12.6. The van der Waals surface area contributed by atoms with Gasteiger partial charge in [0.25, 0.3) is 5.91 Å². The Kier molecular flexibility index (Phi) is 4.25. The van der Waals surface area contributed by atoms with E-state index in [4.69, 9.17) is 17.3 Å². The largest absolute Gasteiger partial charge is 0.332 e. The summed E-state index contributed by atoms with van der Waals surface area (Å²) in [5.41, 5.74) is 6.36. The lowest BCUT2D eigenvalue weighted by Gasteiger charge is -2.40. The molecule has 2 atom stereocenters. The first kappa shape index (κ1) is 13.4. The third-order valence-corrected chi connectivity index (χ3v) is 3.97. The molecule has 0 aliphatic carbocycles. The van der Waals surface area contributed by atoms with Gasteiger partial charge in [0.1, 0.15) is 0 Å². The lowest BCUT2D eigenvalue weighted by Crippen LogP contribution is -2.51. The van der Waals surface area contributed by atoms with Crippen molar-refractivity contribution in [2.24, 2.45) is 5.73 Å². The summed E-state index contributed by atoms with van der Waals surface area (Å²) in [6.07, 6.45) is 3.15. The Labute approximate surface area is 113 Å². The topological polar surface area (TPSA) is 46.3 Å². The maximum absolute atomic E-state index is 12.6. The van der Waals surface area contributed by atoms with Gasteiger partial charge in [0.2, 0.25) is 0 Å². The van der Waals surface area contributed by atoms with Gasteiger partial charge in [-0.1, -0.05) is 23.7 Å². The molecule has 2 unspecified atom stereocenters. The van der Waals surface area contributed by atoms with Crippen molar-refractivity contribution in [3.05, 3.63) is 34.9 Å². The molecule has 1 amide bonds. The fourth-order valence-corrected chi connectivity index (χ4v) is 2.87. The van der Waals surface area contributed by atoms with Gasteiger partial charge in [-0.2, -0.15) is 0 Å². The highest BCUT2D eigenvalue weighted by Crippen LogP contribution is 2.26. The van der Waals surface area contributed by atoms with Crippen LogP contribution in [0.5, 0.6) is 0 Å². The van der Waals surface area contributed by atoms with Crippen LogP contribution in [0.3, 0.4) is 0 Å². The minimum atomic E-state index is 0.00301. The number of carbonyl (C=O) groups is 1. The van der Waals surface area contributed by atoms with Gasteiger partial charge in [0.15, 0.2) is 0 Å². The smallest absolute Gasteiger partial charge is 0.255 e. The first-order chi connectivity index (χ1) is 8.65. The van der Waals surface area contributed by atoms with Crippen LogP contribution in [0.4, 0.5) is 0 Å². The zero-order chi connectivity index (χ0) is 13.1. The summed E-state index contributed by atoms with van der Waals surface area (Å²) in [6.45, 7) is 2.59. The highest BCUT2D eigenvalue weighted by molar-refractivity contribution is 6.33. The summed E-state index contributed by atoms with van der Waals surface area (Å²) in [4.78, 5) is 14.5. The Morgan fingerprint density at radius 1 is 1.44 bits per heavy atom. The van der Waals surface area contributed by atoms with Crippen molar-refractivity contribution >= 4 is 17.5 Å². The van der Waals surface area contributed by atoms with Crippen LogP contribution in [0.25, 0.3) is 0 Å². The van der Waals surface area contributed by atoms with E-state index in [-0.39, 0.29) is 18.0 Å².